The van der Waals surface area contributed by atoms with Crippen LogP contribution in [0.25, 0.3) is 0 Å². The van der Waals surface area contributed by atoms with Gasteiger partial charge in [0, 0.05) is 18.6 Å². The van der Waals surface area contributed by atoms with Crippen LogP contribution in [0.1, 0.15) is 36.8 Å². The van der Waals surface area contributed by atoms with Crippen LogP contribution in [0.15, 0.2) is 24.3 Å². The summed E-state index contributed by atoms with van der Waals surface area (Å²) in [5.74, 6) is 6.29. The quantitative estimate of drug-likeness (QED) is 0.581. The van der Waals surface area contributed by atoms with Crippen LogP contribution in [0.3, 0.4) is 0 Å². The molecule has 0 aromatic heterocycles. The molecule has 0 atom stereocenters. The van der Waals surface area contributed by atoms with Crippen molar-refractivity contribution in [2.45, 2.75) is 32.1 Å². The molecule has 0 spiro atoms. The Balaban J connectivity index is 2.47. The molecule has 1 aromatic carbocycles. The molecule has 0 radical (unpaired) electrons. The number of benzene rings is 1. The van der Waals surface area contributed by atoms with Gasteiger partial charge in [-0.05, 0) is 49.9 Å². The van der Waals surface area contributed by atoms with Gasteiger partial charge in [0.2, 0.25) is 0 Å². The number of nitrogens with two attached hydrogens (primary N) is 1. The standard InChI is InChI=1S/C15H21NO/c16-11-6-10-15-9-5-8-14(13-15)7-3-1-2-4-12-17/h5,8-9,13,17H,1-2,4,6,10-12,16H2. The Morgan fingerprint density at radius 2 is 2.06 bits per heavy atom. The van der Waals surface area contributed by atoms with Gasteiger partial charge in [-0.15, -0.1) is 0 Å². The monoisotopic (exact) mass is 231 g/mol. The van der Waals surface area contributed by atoms with Crippen molar-refractivity contribution in [1.29, 1.82) is 0 Å². The Morgan fingerprint density at radius 3 is 2.82 bits per heavy atom. The van der Waals surface area contributed by atoms with E-state index in [2.05, 4.69) is 24.0 Å². The summed E-state index contributed by atoms with van der Waals surface area (Å²) in [6.07, 6.45) is 4.71. The van der Waals surface area contributed by atoms with Crippen LogP contribution in [-0.2, 0) is 6.42 Å². The highest BCUT2D eigenvalue weighted by Crippen LogP contribution is 2.06. The highest BCUT2D eigenvalue weighted by molar-refractivity contribution is 5.37. The molecular formula is C15H21NO. The Hall–Kier alpha value is -1.30. The van der Waals surface area contributed by atoms with Crippen molar-refractivity contribution in [2.75, 3.05) is 13.2 Å². The first-order chi connectivity index (χ1) is 8.36. The maximum atomic E-state index is 8.64. The zero-order chi connectivity index (χ0) is 12.3. The molecule has 2 heteroatoms. The average molecular weight is 231 g/mol. The number of unbranched alkanes of at least 4 members (excludes halogenated alkanes) is 2. The van der Waals surface area contributed by atoms with E-state index in [-0.39, 0.29) is 6.61 Å². The second-order valence-electron chi connectivity index (χ2n) is 4.08. The van der Waals surface area contributed by atoms with Gasteiger partial charge in [0.1, 0.15) is 0 Å². The van der Waals surface area contributed by atoms with Crippen LogP contribution in [0.5, 0.6) is 0 Å². The van der Waals surface area contributed by atoms with Crippen LogP contribution in [0, 0.1) is 11.8 Å². The first-order valence-electron chi connectivity index (χ1n) is 6.25. The molecule has 0 aliphatic heterocycles. The molecule has 0 fully saturated rings. The first kappa shape index (κ1) is 13.8. The van der Waals surface area contributed by atoms with Gasteiger partial charge in [-0.2, -0.15) is 0 Å². The molecule has 17 heavy (non-hydrogen) atoms. The number of hydrogen-bond donors (Lipinski definition) is 2. The van der Waals surface area contributed by atoms with E-state index in [1.54, 1.807) is 0 Å². The topological polar surface area (TPSA) is 46.2 Å². The third-order valence-electron chi connectivity index (χ3n) is 2.54. The maximum Gasteiger partial charge on any atom is 0.0431 e. The lowest BCUT2D eigenvalue weighted by Gasteiger charge is -1.99. The van der Waals surface area contributed by atoms with E-state index in [1.807, 2.05) is 12.1 Å². The molecule has 92 valence electrons. The minimum atomic E-state index is 0.260. The smallest absolute Gasteiger partial charge is 0.0431 e. The van der Waals surface area contributed by atoms with Gasteiger partial charge in [-0.1, -0.05) is 24.0 Å². The maximum absolute atomic E-state index is 8.64. The number of aryl methyl sites for hydroxylation is 1. The van der Waals surface area contributed by atoms with E-state index in [9.17, 15) is 0 Å². The molecule has 0 heterocycles. The van der Waals surface area contributed by atoms with Crippen molar-refractivity contribution in [3.05, 3.63) is 35.4 Å². The first-order valence-corrected chi connectivity index (χ1v) is 6.25. The van der Waals surface area contributed by atoms with E-state index in [1.165, 1.54) is 5.56 Å². The Morgan fingerprint density at radius 1 is 1.18 bits per heavy atom. The highest BCUT2D eigenvalue weighted by Gasteiger charge is 1.93. The van der Waals surface area contributed by atoms with Gasteiger partial charge in [0.05, 0.1) is 0 Å². The van der Waals surface area contributed by atoms with Crippen LogP contribution < -0.4 is 5.73 Å². The van der Waals surface area contributed by atoms with Crippen molar-refractivity contribution >= 4 is 0 Å². The van der Waals surface area contributed by atoms with Crippen LogP contribution in [0.2, 0.25) is 0 Å². The summed E-state index contributed by atoms with van der Waals surface area (Å²) >= 11 is 0. The molecule has 0 saturated heterocycles. The molecule has 1 rings (SSSR count). The summed E-state index contributed by atoms with van der Waals surface area (Å²) in [6.45, 7) is 0.993. The van der Waals surface area contributed by atoms with Gasteiger partial charge in [0.25, 0.3) is 0 Å². The molecule has 0 unspecified atom stereocenters. The molecule has 0 bridgehead atoms. The molecular weight excluding hydrogens is 210 g/mol. The SMILES string of the molecule is NCCCc1cccc(C#CCCCCO)c1. The van der Waals surface area contributed by atoms with Gasteiger partial charge >= 0.3 is 0 Å². The Labute approximate surface area is 104 Å². The summed E-state index contributed by atoms with van der Waals surface area (Å²) < 4.78 is 0. The average Bonchev–Trinajstić information content (AvgIpc) is 2.37. The number of aliphatic hydroxyl groups excluding tert-OH is 1. The minimum absolute atomic E-state index is 0.260. The van der Waals surface area contributed by atoms with Gasteiger partial charge in [0.15, 0.2) is 0 Å². The second kappa shape index (κ2) is 8.81. The zero-order valence-corrected chi connectivity index (χ0v) is 10.3. The van der Waals surface area contributed by atoms with Gasteiger partial charge < -0.3 is 10.8 Å². The lowest BCUT2D eigenvalue weighted by molar-refractivity contribution is 0.285. The van der Waals surface area contributed by atoms with E-state index in [0.29, 0.717) is 0 Å². The van der Waals surface area contributed by atoms with Crippen LogP contribution in [0.4, 0.5) is 0 Å². The molecule has 0 aliphatic rings. The van der Waals surface area contributed by atoms with E-state index in [4.69, 9.17) is 10.8 Å². The second-order valence-corrected chi connectivity index (χ2v) is 4.08. The predicted molar refractivity (Wildman–Crippen MR) is 71.6 cm³/mol. The fourth-order valence-electron chi connectivity index (χ4n) is 1.60. The van der Waals surface area contributed by atoms with Crippen molar-refractivity contribution in [3.63, 3.8) is 0 Å². The fraction of sp³-hybridized carbons (Fsp3) is 0.467. The third kappa shape index (κ3) is 6.11. The lowest BCUT2D eigenvalue weighted by Crippen LogP contribution is -2.00. The van der Waals surface area contributed by atoms with Crippen molar-refractivity contribution < 1.29 is 5.11 Å². The summed E-state index contributed by atoms with van der Waals surface area (Å²) in [4.78, 5) is 0. The fourth-order valence-corrected chi connectivity index (χ4v) is 1.60. The minimum Gasteiger partial charge on any atom is -0.396 e. The van der Waals surface area contributed by atoms with E-state index in [0.717, 1.165) is 44.2 Å². The van der Waals surface area contributed by atoms with Crippen LogP contribution in [-0.4, -0.2) is 18.3 Å². The summed E-state index contributed by atoms with van der Waals surface area (Å²) in [5, 5.41) is 8.64. The van der Waals surface area contributed by atoms with Gasteiger partial charge in [-0.3, -0.25) is 0 Å². The predicted octanol–water partition coefficient (Wildman–Crippen LogP) is 2.09. The normalized spacial score (nSPS) is 9.76. The van der Waals surface area contributed by atoms with E-state index >= 15 is 0 Å². The van der Waals surface area contributed by atoms with Crippen LogP contribution >= 0.6 is 0 Å². The van der Waals surface area contributed by atoms with E-state index < -0.39 is 0 Å². The summed E-state index contributed by atoms with van der Waals surface area (Å²) in [7, 11) is 0. The molecule has 2 nitrogen and oxygen atoms in total. The third-order valence-corrected chi connectivity index (χ3v) is 2.54. The number of aliphatic hydroxyl groups is 1. The summed E-state index contributed by atoms with van der Waals surface area (Å²) in [6, 6.07) is 8.33. The van der Waals surface area contributed by atoms with Crippen molar-refractivity contribution in [1.82, 2.24) is 0 Å². The largest absolute Gasteiger partial charge is 0.396 e. The Bertz CT molecular complexity index is 376. The van der Waals surface area contributed by atoms with Crippen molar-refractivity contribution in [2.24, 2.45) is 5.73 Å². The van der Waals surface area contributed by atoms with Gasteiger partial charge in [-0.25, -0.2) is 0 Å². The summed E-state index contributed by atoms with van der Waals surface area (Å²) in [5.41, 5.74) is 7.87. The molecule has 3 N–H and O–H groups in total. The number of rotatable bonds is 6. The van der Waals surface area contributed by atoms with Crippen molar-refractivity contribution in [3.8, 4) is 11.8 Å². The zero-order valence-electron chi connectivity index (χ0n) is 10.3. The molecule has 0 aliphatic carbocycles. The number of hydrogen-bond acceptors (Lipinski definition) is 2. The molecule has 0 amide bonds. The molecule has 1 aromatic rings. The highest BCUT2D eigenvalue weighted by atomic mass is 16.2. The molecule has 0 saturated carbocycles. The Kier molecular flexibility index (Phi) is 7.13. The lowest BCUT2D eigenvalue weighted by atomic mass is 10.1.